The Bertz CT molecular complexity index is 252. The lowest BCUT2D eigenvalue weighted by atomic mass is 10.0. The molecule has 0 aliphatic heterocycles. The first-order valence-corrected chi connectivity index (χ1v) is 6.71. The van der Waals surface area contributed by atoms with Crippen LogP contribution < -0.4 is 0 Å². The number of carbonyl (C=O) groups excluding carboxylic acids is 1. The summed E-state index contributed by atoms with van der Waals surface area (Å²) >= 11 is 0. The lowest BCUT2D eigenvalue weighted by Gasteiger charge is -2.30. The van der Waals surface area contributed by atoms with Crippen LogP contribution in [0.2, 0.25) is 0 Å². The average Bonchev–Trinajstić information content (AvgIpc) is 2.28. The highest BCUT2D eigenvalue weighted by molar-refractivity contribution is 5.86. The minimum Gasteiger partial charge on any atom is -0.371 e. The second kappa shape index (κ2) is 7.87. The number of Topliss-reactive ketones (excluding diaryl/α,β-unsaturated/α-hetero) is 1. The van der Waals surface area contributed by atoms with E-state index in [0.29, 0.717) is 12.5 Å². The van der Waals surface area contributed by atoms with Gasteiger partial charge < -0.3 is 9.64 Å². The molecule has 1 unspecified atom stereocenters. The second-order valence-electron chi connectivity index (χ2n) is 5.63. The molecule has 0 aliphatic rings. The van der Waals surface area contributed by atoms with E-state index in [4.69, 9.17) is 4.74 Å². The number of hydrogen-bond acceptors (Lipinski definition) is 4. The molecule has 0 aromatic rings. The lowest BCUT2D eigenvalue weighted by molar-refractivity contribution is -0.137. The fourth-order valence-electron chi connectivity index (χ4n) is 1.99. The molecular formula is C14H30N2O2. The summed E-state index contributed by atoms with van der Waals surface area (Å²) in [5.74, 6) is 0.167. The van der Waals surface area contributed by atoms with E-state index in [1.165, 1.54) is 0 Å². The van der Waals surface area contributed by atoms with Gasteiger partial charge >= 0.3 is 0 Å². The number of carbonyl (C=O) groups is 1. The largest absolute Gasteiger partial charge is 0.371 e. The standard InChI is InChI=1S/C14H30N2O2/c1-8-16(12(2)11-15(5)6)10-9-13(17)14(3,4)18-7/h12H,8-11H2,1-7H3. The molecule has 0 aliphatic carbocycles. The van der Waals surface area contributed by atoms with E-state index in [-0.39, 0.29) is 5.78 Å². The maximum Gasteiger partial charge on any atom is 0.165 e. The molecule has 0 fully saturated rings. The van der Waals surface area contributed by atoms with Crippen LogP contribution in [0.3, 0.4) is 0 Å². The molecule has 0 heterocycles. The summed E-state index contributed by atoms with van der Waals surface area (Å²) < 4.78 is 5.21. The van der Waals surface area contributed by atoms with Crippen LogP contribution in [0.4, 0.5) is 0 Å². The summed E-state index contributed by atoms with van der Waals surface area (Å²) in [6, 6.07) is 0.462. The predicted octanol–water partition coefficient (Wildman–Crippen LogP) is 1.64. The zero-order valence-corrected chi connectivity index (χ0v) is 13.1. The third-order valence-electron chi connectivity index (χ3n) is 3.47. The number of nitrogens with zero attached hydrogens (tertiary/aromatic N) is 2. The van der Waals surface area contributed by atoms with Crippen LogP contribution in [0.5, 0.6) is 0 Å². The molecular weight excluding hydrogens is 228 g/mol. The van der Waals surface area contributed by atoms with Crippen molar-refractivity contribution in [2.45, 2.75) is 45.8 Å². The van der Waals surface area contributed by atoms with Gasteiger partial charge in [0.2, 0.25) is 0 Å². The van der Waals surface area contributed by atoms with E-state index in [9.17, 15) is 4.79 Å². The van der Waals surface area contributed by atoms with Gasteiger partial charge in [0.25, 0.3) is 0 Å². The first kappa shape index (κ1) is 17.6. The molecule has 1 atom stereocenters. The smallest absolute Gasteiger partial charge is 0.165 e. The van der Waals surface area contributed by atoms with Gasteiger partial charge in [-0.25, -0.2) is 0 Å². The Morgan fingerprint density at radius 2 is 1.89 bits per heavy atom. The molecule has 0 aromatic heterocycles. The second-order valence-corrected chi connectivity index (χ2v) is 5.63. The number of methoxy groups -OCH3 is 1. The van der Waals surface area contributed by atoms with Crippen molar-refractivity contribution in [2.75, 3.05) is 40.8 Å². The number of rotatable bonds is 9. The van der Waals surface area contributed by atoms with Crippen LogP contribution in [0.1, 0.15) is 34.1 Å². The molecule has 4 heteroatoms. The van der Waals surface area contributed by atoms with E-state index < -0.39 is 5.60 Å². The fraction of sp³-hybridized carbons (Fsp3) is 0.929. The number of ketones is 1. The van der Waals surface area contributed by atoms with Crippen molar-refractivity contribution in [2.24, 2.45) is 0 Å². The summed E-state index contributed by atoms with van der Waals surface area (Å²) in [5.41, 5.74) is -0.663. The predicted molar refractivity (Wildman–Crippen MR) is 76.0 cm³/mol. The van der Waals surface area contributed by atoms with E-state index in [2.05, 4.69) is 37.7 Å². The number of hydrogen-bond donors (Lipinski definition) is 0. The topological polar surface area (TPSA) is 32.8 Å². The molecule has 0 radical (unpaired) electrons. The van der Waals surface area contributed by atoms with Crippen LogP contribution in [-0.4, -0.2) is 68.1 Å². The van der Waals surface area contributed by atoms with Crippen molar-refractivity contribution in [3.05, 3.63) is 0 Å². The normalized spacial score (nSPS) is 14.3. The van der Waals surface area contributed by atoms with Crippen LogP contribution in [-0.2, 0) is 9.53 Å². The summed E-state index contributed by atoms with van der Waals surface area (Å²) in [4.78, 5) is 16.5. The molecule has 4 nitrogen and oxygen atoms in total. The zero-order valence-electron chi connectivity index (χ0n) is 13.1. The van der Waals surface area contributed by atoms with E-state index in [1.807, 2.05) is 13.8 Å². The molecule has 0 spiro atoms. The molecule has 108 valence electrons. The lowest BCUT2D eigenvalue weighted by Crippen LogP contribution is -2.43. The molecule has 0 amide bonds. The zero-order chi connectivity index (χ0) is 14.3. The van der Waals surface area contributed by atoms with Crippen molar-refractivity contribution in [3.63, 3.8) is 0 Å². The maximum atomic E-state index is 12.0. The third kappa shape index (κ3) is 5.94. The fourth-order valence-corrected chi connectivity index (χ4v) is 1.99. The van der Waals surface area contributed by atoms with Crippen LogP contribution in [0, 0.1) is 0 Å². The summed E-state index contributed by atoms with van der Waals surface area (Å²) in [7, 11) is 5.73. The summed E-state index contributed by atoms with van der Waals surface area (Å²) in [6.07, 6.45) is 0.548. The molecule has 0 aromatic carbocycles. The Kier molecular flexibility index (Phi) is 7.67. The summed E-state index contributed by atoms with van der Waals surface area (Å²) in [6.45, 7) is 10.8. The first-order valence-electron chi connectivity index (χ1n) is 6.71. The number of likely N-dealkylation sites (N-methyl/N-ethyl adjacent to an activating group) is 2. The minimum atomic E-state index is -0.663. The van der Waals surface area contributed by atoms with Gasteiger partial charge in [0, 0.05) is 32.7 Å². The van der Waals surface area contributed by atoms with Gasteiger partial charge in [-0.1, -0.05) is 6.92 Å². The number of ether oxygens (including phenoxy) is 1. The quantitative estimate of drug-likeness (QED) is 0.629. The Hall–Kier alpha value is -0.450. The monoisotopic (exact) mass is 258 g/mol. The van der Waals surface area contributed by atoms with Crippen molar-refractivity contribution < 1.29 is 9.53 Å². The molecule has 0 bridgehead atoms. The van der Waals surface area contributed by atoms with Crippen molar-refractivity contribution >= 4 is 5.78 Å². The SMILES string of the molecule is CCN(CCC(=O)C(C)(C)OC)C(C)CN(C)C. The highest BCUT2D eigenvalue weighted by Crippen LogP contribution is 2.12. The third-order valence-corrected chi connectivity index (χ3v) is 3.47. The van der Waals surface area contributed by atoms with E-state index in [1.54, 1.807) is 7.11 Å². The Labute approximate surface area is 112 Å². The van der Waals surface area contributed by atoms with Gasteiger partial charge in [0.1, 0.15) is 5.60 Å². The van der Waals surface area contributed by atoms with Crippen LogP contribution >= 0.6 is 0 Å². The van der Waals surface area contributed by atoms with Gasteiger partial charge in [0.05, 0.1) is 0 Å². The van der Waals surface area contributed by atoms with E-state index >= 15 is 0 Å². The van der Waals surface area contributed by atoms with Crippen molar-refractivity contribution in [3.8, 4) is 0 Å². The minimum absolute atomic E-state index is 0.167. The average molecular weight is 258 g/mol. The van der Waals surface area contributed by atoms with Gasteiger partial charge in [-0.3, -0.25) is 9.69 Å². The molecule has 0 rings (SSSR count). The van der Waals surface area contributed by atoms with Gasteiger partial charge in [-0.05, 0) is 41.4 Å². The molecule has 18 heavy (non-hydrogen) atoms. The van der Waals surface area contributed by atoms with Crippen LogP contribution in [0.15, 0.2) is 0 Å². The Balaban J connectivity index is 4.27. The Morgan fingerprint density at radius 1 is 1.33 bits per heavy atom. The maximum absolute atomic E-state index is 12.0. The highest BCUT2D eigenvalue weighted by Gasteiger charge is 2.27. The highest BCUT2D eigenvalue weighted by atomic mass is 16.5. The van der Waals surface area contributed by atoms with Gasteiger partial charge in [-0.2, -0.15) is 0 Å². The van der Waals surface area contributed by atoms with Crippen molar-refractivity contribution in [1.29, 1.82) is 0 Å². The Morgan fingerprint density at radius 3 is 2.28 bits per heavy atom. The molecule has 0 N–H and O–H groups in total. The van der Waals surface area contributed by atoms with E-state index in [0.717, 1.165) is 19.6 Å². The first-order chi connectivity index (χ1) is 8.24. The van der Waals surface area contributed by atoms with Gasteiger partial charge in [-0.15, -0.1) is 0 Å². The van der Waals surface area contributed by atoms with Crippen LogP contribution in [0.25, 0.3) is 0 Å². The van der Waals surface area contributed by atoms with Crippen molar-refractivity contribution in [1.82, 2.24) is 9.80 Å². The molecule has 0 saturated carbocycles. The molecule has 0 saturated heterocycles. The summed E-state index contributed by atoms with van der Waals surface area (Å²) in [5, 5.41) is 0. The van der Waals surface area contributed by atoms with Gasteiger partial charge in [0.15, 0.2) is 5.78 Å².